The van der Waals surface area contributed by atoms with E-state index < -0.39 is 0 Å². The van der Waals surface area contributed by atoms with Crippen LogP contribution < -0.4 is 11.1 Å². The highest BCUT2D eigenvalue weighted by Crippen LogP contribution is 2.19. The summed E-state index contributed by atoms with van der Waals surface area (Å²) in [5, 5.41) is 3.41. The summed E-state index contributed by atoms with van der Waals surface area (Å²) >= 11 is 0. The van der Waals surface area contributed by atoms with Crippen molar-refractivity contribution in [3.8, 4) is 0 Å². The maximum absolute atomic E-state index is 5.43. The zero-order chi connectivity index (χ0) is 10.4. The minimum absolute atomic E-state index is 0.165. The van der Waals surface area contributed by atoms with E-state index in [1.807, 2.05) is 12.3 Å². The lowest BCUT2D eigenvalue weighted by Crippen LogP contribution is -2.34. The molecule has 1 heterocycles. The van der Waals surface area contributed by atoms with Gasteiger partial charge in [-0.1, -0.05) is 13.8 Å². The molecule has 0 amide bonds. The maximum Gasteiger partial charge on any atom is 0.0217 e. The van der Waals surface area contributed by atoms with Crippen LogP contribution in [0.15, 0.2) is 18.3 Å². The fraction of sp³-hybridized carbons (Fsp3) is 0.636. The molecule has 1 aromatic heterocycles. The van der Waals surface area contributed by atoms with Crippen molar-refractivity contribution in [2.45, 2.75) is 25.7 Å². The van der Waals surface area contributed by atoms with E-state index in [0.717, 1.165) is 26.1 Å². The second-order valence-corrected chi connectivity index (χ2v) is 4.29. The molecule has 0 aliphatic heterocycles. The predicted octanol–water partition coefficient (Wildman–Crippen LogP) is 1.23. The molecule has 0 aliphatic carbocycles. The van der Waals surface area contributed by atoms with Gasteiger partial charge in [-0.15, -0.1) is 0 Å². The molecule has 0 bridgehead atoms. The molecule has 0 saturated heterocycles. The lowest BCUT2D eigenvalue weighted by atomic mass is 9.89. The van der Waals surface area contributed by atoms with E-state index in [1.165, 1.54) is 5.69 Å². The third-order valence-electron chi connectivity index (χ3n) is 2.45. The van der Waals surface area contributed by atoms with Gasteiger partial charge in [0.2, 0.25) is 0 Å². The number of aromatic nitrogens is 1. The van der Waals surface area contributed by atoms with Gasteiger partial charge in [0.25, 0.3) is 0 Å². The number of nitrogens with one attached hydrogen (secondary N) is 2. The van der Waals surface area contributed by atoms with Gasteiger partial charge >= 0.3 is 0 Å². The van der Waals surface area contributed by atoms with Gasteiger partial charge in [-0.25, -0.2) is 0 Å². The first-order chi connectivity index (χ1) is 6.67. The Labute approximate surface area is 86.1 Å². The second kappa shape index (κ2) is 5.17. The van der Waals surface area contributed by atoms with Crippen molar-refractivity contribution in [3.05, 3.63) is 24.0 Å². The Morgan fingerprint density at radius 2 is 2.29 bits per heavy atom. The molecule has 0 aliphatic rings. The van der Waals surface area contributed by atoms with Gasteiger partial charge < -0.3 is 16.0 Å². The lowest BCUT2D eigenvalue weighted by molar-refractivity contribution is 0.458. The minimum Gasteiger partial charge on any atom is -0.365 e. The Morgan fingerprint density at radius 3 is 2.86 bits per heavy atom. The normalized spacial score (nSPS) is 11.9. The third-order valence-corrected chi connectivity index (χ3v) is 2.45. The van der Waals surface area contributed by atoms with Crippen molar-refractivity contribution in [1.82, 2.24) is 10.3 Å². The van der Waals surface area contributed by atoms with E-state index in [9.17, 15) is 0 Å². The van der Waals surface area contributed by atoms with Crippen LogP contribution in [0.1, 0.15) is 26.0 Å². The lowest BCUT2D eigenvalue weighted by Gasteiger charge is -2.24. The molecule has 0 unspecified atom stereocenters. The zero-order valence-electron chi connectivity index (χ0n) is 9.14. The SMILES string of the molecule is CC(C)(CNCCCN)c1ccc[nH]1. The second-order valence-electron chi connectivity index (χ2n) is 4.29. The minimum atomic E-state index is 0.165. The summed E-state index contributed by atoms with van der Waals surface area (Å²) in [6, 6.07) is 4.17. The highest BCUT2D eigenvalue weighted by molar-refractivity contribution is 5.15. The van der Waals surface area contributed by atoms with Crippen LogP contribution in [-0.2, 0) is 5.41 Å². The van der Waals surface area contributed by atoms with Crippen molar-refractivity contribution < 1.29 is 0 Å². The van der Waals surface area contributed by atoms with Gasteiger partial charge in [-0.05, 0) is 31.6 Å². The molecule has 0 fully saturated rings. The van der Waals surface area contributed by atoms with E-state index in [-0.39, 0.29) is 5.41 Å². The molecule has 0 saturated carbocycles. The molecule has 1 rings (SSSR count). The molecule has 0 spiro atoms. The Balaban J connectivity index is 2.35. The molecule has 14 heavy (non-hydrogen) atoms. The van der Waals surface area contributed by atoms with Crippen LogP contribution >= 0.6 is 0 Å². The number of rotatable bonds is 6. The molecule has 80 valence electrons. The zero-order valence-corrected chi connectivity index (χ0v) is 9.14. The van der Waals surface area contributed by atoms with Crippen LogP contribution in [-0.4, -0.2) is 24.6 Å². The summed E-state index contributed by atoms with van der Waals surface area (Å²) in [7, 11) is 0. The van der Waals surface area contributed by atoms with Crippen LogP contribution in [0.2, 0.25) is 0 Å². The molecule has 1 aromatic rings. The molecular formula is C11H21N3. The number of H-pyrrole nitrogens is 1. The highest BCUT2D eigenvalue weighted by atomic mass is 14.9. The summed E-state index contributed by atoms with van der Waals surface area (Å²) in [6.45, 7) is 7.20. The van der Waals surface area contributed by atoms with Crippen molar-refractivity contribution in [1.29, 1.82) is 0 Å². The van der Waals surface area contributed by atoms with Crippen molar-refractivity contribution >= 4 is 0 Å². The Hall–Kier alpha value is -0.800. The van der Waals surface area contributed by atoms with Crippen LogP contribution in [0, 0.1) is 0 Å². The van der Waals surface area contributed by atoms with E-state index in [2.05, 4.69) is 30.2 Å². The predicted molar refractivity (Wildman–Crippen MR) is 60.4 cm³/mol. The quantitative estimate of drug-likeness (QED) is 0.598. The molecule has 4 N–H and O–H groups in total. The average Bonchev–Trinajstić information content (AvgIpc) is 2.65. The molecule has 0 atom stereocenters. The summed E-state index contributed by atoms with van der Waals surface area (Å²) in [6.07, 6.45) is 3.01. The van der Waals surface area contributed by atoms with E-state index >= 15 is 0 Å². The summed E-state index contributed by atoms with van der Waals surface area (Å²) < 4.78 is 0. The fourth-order valence-electron chi connectivity index (χ4n) is 1.47. The Morgan fingerprint density at radius 1 is 1.50 bits per heavy atom. The van der Waals surface area contributed by atoms with Crippen molar-refractivity contribution in [2.75, 3.05) is 19.6 Å². The largest absolute Gasteiger partial charge is 0.365 e. The smallest absolute Gasteiger partial charge is 0.0217 e. The number of nitrogens with two attached hydrogens (primary N) is 1. The van der Waals surface area contributed by atoms with E-state index in [4.69, 9.17) is 5.73 Å². The van der Waals surface area contributed by atoms with E-state index in [0.29, 0.717) is 0 Å². The van der Waals surface area contributed by atoms with Gasteiger partial charge in [0.05, 0.1) is 0 Å². The molecule has 0 radical (unpaired) electrons. The van der Waals surface area contributed by atoms with Crippen molar-refractivity contribution in [2.24, 2.45) is 5.73 Å². The van der Waals surface area contributed by atoms with Crippen LogP contribution in [0.25, 0.3) is 0 Å². The van der Waals surface area contributed by atoms with Crippen LogP contribution in [0.3, 0.4) is 0 Å². The first kappa shape index (κ1) is 11.3. The van der Waals surface area contributed by atoms with Gasteiger partial charge in [0.15, 0.2) is 0 Å². The van der Waals surface area contributed by atoms with Gasteiger partial charge in [-0.2, -0.15) is 0 Å². The molecule has 0 aromatic carbocycles. The summed E-state index contributed by atoms with van der Waals surface area (Å²) in [4.78, 5) is 3.25. The van der Waals surface area contributed by atoms with Gasteiger partial charge in [0, 0.05) is 23.9 Å². The topological polar surface area (TPSA) is 53.8 Å². The number of hydrogen-bond donors (Lipinski definition) is 3. The number of aromatic amines is 1. The summed E-state index contributed by atoms with van der Waals surface area (Å²) in [5.74, 6) is 0. The summed E-state index contributed by atoms with van der Waals surface area (Å²) in [5.41, 5.74) is 6.87. The molecule has 3 heteroatoms. The Kier molecular flexibility index (Phi) is 4.17. The fourth-order valence-corrected chi connectivity index (χ4v) is 1.47. The van der Waals surface area contributed by atoms with Gasteiger partial charge in [-0.3, -0.25) is 0 Å². The Bertz CT molecular complexity index is 239. The van der Waals surface area contributed by atoms with Crippen LogP contribution in [0.5, 0.6) is 0 Å². The first-order valence-corrected chi connectivity index (χ1v) is 5.21. The van der Waals surface area contributed by atoms with Gasteiger partial charge in [0.1, 0.15) is 0 Å². The monoisotopic (exact) mass is 195 g/mol. The highest BCUT2D eigenvalue weighted by Gasteiger charge is 2.20. The first-order valence-electron chi connectivity index (χ1n) is 5.21. The van der Waals surface area contributed by atoms with E-state index in [1.54, 1.807) is 0 Å². The maximum atomic E-state index is 5.43. The van der Waals surface area contributed by atoms with Crippen molar-refractivity contribution in [3.63, 3.8) is 0 Å². The standard InChI is InChI=1S/C11H21N3/c1-11(2,9-13-7-4-6-12)10-5-3-8-14-10/h3,5,8,13-14H,4,6-7,9,12H2,1-2H3. The van der Waals surface area contributed by atoms with Crippen LogP contribution in [0.4, 0.5) is 0 Å². The third kappa shape index (κ3) is 3.16. The molecular weight excluding hydrogens is 174 g/mol. The molecule has 3 nitrogen and oxygen atoms in total. The number of hydrogen-bond acceptors (Lipinski definition) is 2. The average molecular weight is 195 g/mol.